The third-order valence-electron chi connectivity index (χ3n) is 3.48. The van der Waals surface area contributed by atoms with E-state index < -0.39 is 4.92 Å². The van der Waals surface area contributed by atoms with Crippen LogP contribution in [0.15, 0.2) is 59.0 Å². The van der Waals surface area contributed by atoms with E-state index in [4.69, 9.17) is 0 Å². The van der Waals surface area contributed by atoms with E-state index in [1.54, 1.807) is 36.4 Å². The summed E-state index contributed by atoms with van der Waals surface area (Å²) in [5.41, 5.74) is 6.11. The van der Waals surface area contributed by atoms with Gasteiger partial charge in [0.1, 0.15) is 5.75 Å². The second kappa shape index (κ2) is 7.10. The highest BCUT2D eigenvalue weighted by atomic mass is 32.1. The molecule has 0 aliphatic rings. The Morgan fingerprint density at radius 2 is 1.88 bits per heavy atom. The molecule has 0 amide bonds. The van der Waals surface area contributed by atoms with Crippen LogP contribution in [-0.4, -0.2) is 20.7 Å². The van der Waals surface area contributed by atoms with Gasteiger partial charge in [-0.15, -0.1) is 11.3 Å². The minimum Gasteiger partial charge on any atom is -0.508 e. The molecule has 1 aromatic heterocycles. The molecule has 0 saturated heterocycles. The highest BCUT2D eigenvalue weighted by Crippen LogP contribution is 2.26. The number of rotatable bonds is 5. The summed E-state index contributed by atoms with van der Waals surface area (Å²) in [5.74, 6) is 0.206. The van der Waals surface area contributed by atoms with Gasteiger partial charge < -0.3 is 5.11 Å². The molecule has 3 aromatic rings. The Hall–Kier alpha value is -3.26. The van der Waals surface area contributed by atoms with Crippen molar-refractivity contribution in [2.24, 2.45) is 5.10 Å². The first-order valence-electron chi connectivity index (χ1n) is 7.33. The van der Waals surface area contributed by atoms with E-state index in [1.165, 1.54) is 23.5 Å². The Morgan fingerprint density at radius 1 is 1.20 bits per heavy atom. The number of hydrogen-bond acceptors (Lipinski definition) is 7. The SMILES string of the molecule is C/C(=N\Nc1nc(-c2ccc([N+](=O)[O-])cc2)cs1)c1ccc(O)cc1. The van der Waals surface area contributed by atoms with Crippen LogP contribution in [0.4, 0.5) is 10.8 Å². The molecule has 1 heterocycles. The molecule has 0 aliphatic carbocycles. The van der Waals surface area contributed by atoms with Crippen LogP contribution < -0.4 is 5.43 Å². The number of aromatic nitrogens is 1. The fourth-order valence-corrected chi connectivity index (χ4v) is 2.77. The fraction of sp³-hybridized carbons (Fsp3) is 0.0588. The lowest BCUT2D eigenvalue weighted by Crippen LogP contribution is -1.99. The van der Waals surface area contributed by atoms with Gasteiger partial charge in [0, 0.05) is 23.1 Å². The summed E-state index contributed by atoms with van der Waals surface area (Å²) in [4.78, 5) is 14.7. The predicted octanol–water partition coefficient (Wildman–Crippen LogP) is 4.26. The minimum atomic E-state index is -0.432. The van der Waals surface area contributed by atoms with E-state index in [2.05, 4.69) is 15.5 Å². The lowest BCUT2D eigenvalue weighted by atomic mass is 10.1. The van der Waals surface area contributed by atoms with Crippen LogP contribution in [-0.2, 0) is 0 Å². The molecule has 0 spiro atoms. The van der Waals surface area contributed by atoms with Crippen molar-refractivity contribution in [2.45, 2.75) is 6.92 Å². The third kappa shape index (κ3) is 3.99. The van der Waals surface area contributed by atoms with Crippen LogP contribution in [0.1, 0.15) is 12.5 Å². The first-order chi connectivity index (χ1) is 12.0. The van der Waals surface area contributed by atoms with Crippen LogP contribution >= 0.6 is 11.3 Å². The van der Waals surface area contributed by atoms with E-state index in [1.807, 2.05) is 12.3 Å². The van der Waals surface area contributed by atoms with Gasteiger partial charge in [-0.2, -0.15) is 5.10 Å². The van der Waals surface area contributed by atoms with Gasteiger partial charge in [0.25, 0.3) is 5.69 Å². The molecule has 126 valence electrons. The number of nitrogens with zero attached hydrogens (tertiary/aromatic N) is 3. The van der Waals surface area contributed by atoms with Gasteiger partial charge in [0.15, 0.2) is 0 Å². The van der Waals surface area contributed by atoms with Crippen LogP contribution in [0.3, 0.4) is 0 Å². The highest BCUT2D eigenvalue weighted by Gasteiger charge is 2.08. The number of benzene rings is 2. The Labute approximate surface area is 147 Å². The predicted molar refractivity (Wildman–Crippen MR) is 98.1 cm³/mol. The van der Waals surface area contributed by atoms with E-state index in [0.29, 0.717) is 5.13 Å². The molecule has 0 unspecified atom stereocenters. The molecule has 8 heteroatoms. The van der Waals surface area contributed by atoms with Crippen molar-refractivity contribution in [2.75, 3.05) is 5.43 Å². The lowest BCUT2D eigenvalue weighted by Gasteiger charge is -2.01. The second-order valence-electron chi connectivity index (χ2n) is 5.20. The average Bonchev–Trinajstić information content (AvgIpc) is 3.09. The molecule has 0 saturated carbocycles. The zero-order chi connectivity index (χ0) is 17.8. The number of nitrogens with one attached hydrogen (secondary N) is 1. The number of nitro groups is 1. The van der Waals surface area contributed by atoms with Gasteiger partial charge in [-0.1, -0.05) is 0 Å². The van der Waals surface area contributed by atoms with E-state index in [0.717, 1.165) is 22.5 Å². The normalized spacial score (nSPS) is 11.3. The molecule has 2 aromatic carbocycles. The maximum absolute atomic E-state index is 10.7. The van der Waals surface area contributed by atoms with Gasteiger partial charge >= 0.3 is 0 Å². The number of nitro benzene ring substituents is 1. The van der Waals surface area contributed by atoms with Crippen molar-refractivity contribution in [3.63, 3.8) is 0 Å². The lowest BCUT2D eigenvalue weighted by molar-refractivity contribution is -0.384. The molecule has 0 fully saturated rings. The largest absolute Gasteiger partial charge is 0.508 e. The maximum Gasteiger partial charge on any atom is 0.269 e. The topological polar surface area (TPSA) is 101 Å². The highest BCUT2D eigenvalue weighted by molar-refractivity contribution is 7.14. The summed E-state index contributed by atoms with van der Waals surface area (Å²) in [6, 6.07) is 13.0. The molecule has 3 rings (SSSR count). The first-order valence-corrected chi connectivity index (χ1v) is 8.21. The Kier molecular flexibility index (Phi) is 4.71. The van der Waals surface area contributed by atoms with Gasteiger partial charge in [-0.05, 0) is 48.9 Å². The zero-order valence-corrected chi connectivity index (χ0v) is 14.0. The summed E-state index contributed by atoms with van der Waals surface area (Å²) >= 11 is 1.39. The van der Waals surface area contributed by atoms with Gasteiger partial charge in [0.05, 0.1) is 16.3 Å². The summed E-state index contributed by atoms with van der Waals surface area (Å²) in [7, 11) is 0. The zero-order valence-electron chi connectivity index (χ0n) is 13.2. The number of aromatic hydroxyl groups is 1. The van der Waals surface area contributed by atoms with Gasteiger partial charge in [-0.25, -0.2) is 4.98 Å². The number of phenolic OH excluding ortho intramolecular Hbond substituents is 1. The number of thiazole rings is 1. The van der Waals surface area contributed by atoms with Crippen molar-refractivity contribution in [3.8, 4) is 17.0 Å². The molecule has 0 atom stereocenters. The number of phenols is 1. The monoisotopic (exact) mass is 354 g/mol. The smallest absolute Gasteiger partial charge is 0.269 e. The molecule has 0 bridgehead atoms. The van der Waals surface area contributed by atoms with Crippen LogP contribution in [0, 0.1) is 10.1 Å². The van der Waals surface area contributed by atoms with Crippen molar-refractivity contribution < 1.29 is 10.0 Å². The second-order valence-corrected chi connectivity index (χ2v) is 6.06. The van der Waals surface area contributed by atoms with Gasteiger partial charge in [-0.3, -0.25) is 15.5 Å². The van der Waals surface area contributed by atoms with E-state index in [-0.39, 0.29) is 11.4 Å². The Bertz CT molecular complexity index is 918. The summed E-state index contributed by atoms with van der Waals surface area (Å²) in [6.45, 7) is 1.85. The molecule has 0 aliphatic heterocycles. The summed E-state index contributed by atoms with van der Waals surface area (Å²) in [5, 5.41) is 26.7. The number of non-ortho nitro benzene ring substituents is 1. The molecular formula is C17H14N4O3S. The Balaban J connectivity index is 1.72. The number of hydrogen-bond donors (Lipinski definition) is 2. The first kappa shape index (κ1) is 16.6. The molecule has 25 heavy (non-hydrogen) atoms. The van der Waals surface area contributed by atoms with Crippen molar-refractivity contribution >= 4 is 27.9 Å². The van der Waals surface area contributed by atoms with Crippen molar-refractivity contribution in [1.29, 1.82) is 0 Å². The maximum atomic E-state index is 10.7. The minimum absolute atomic E-state index is 0.0476. The number of hydrazone groups is 1. The molecular weight excluding hydrogens is 340 g/mol. The molecule has 2 N–H and O–H groups in total. The quantitative estimate of drug-likeness (QED) is 0.405. The summed E-state index contributed by atoms with van der Waals surface area (Å²) < 4.78 is 0. The molecule has 0 radical (unpaired) electrons. The summed E-state index contributed by atoms with van der Waals surface area (Å²) in [6.07, 6.45) is 0. The average molecular weight is 354 g/mol. The van der Waals surface area contributed by atoms with Crippen LogP contribution in [0.5, 0.6) is 5.75 Å². The van der Waals surface area contributed by atoms with E-state index >= 15 is 0 Å². The Morgan fingerprint density at radius 3 is 2.52 bits per heavy atom. The third-order valence-corrected chi connectivity index (χ3v) is 4.23. The van der Waals surface area contributed by atoms with E-state index in [9.17, 15) is 15.2 Å². The number of anilines is 1. The van der Waals surface area contributed by atoms with Gasteiger partial charge in [0.2, 0.25) is 5.13 Å². The van der Waals surface area contributed by atoms with Crippen molar-refractivity contribution in [3.05, 3.63) is 69.6 Å². The molecule has 7 nitrogen and oxygen atoms in total. The standard InChI is InChI=1S/C17H14N4O3S/c1-11(12-4-8-15(22)9-5-12)19-20-17-18-16(10-25-17)13-2-6-14(7-3-13)21(23)24/h2-10,22H,1H3,(H,18,20)/b19-11+. The van der Waals surface area contributed by atoms with Crippen LogP contribution in [0.25, 0.3) is 11.3 Å². The van der Waals surface area contributed by atoms with Crippen LogP contribution in [0.2, 0.25) is 0 Å². The fourth-order valence-electron chi connectivity index (χ4n) is 2.11. The van der Waals surface area contributed by atoms with Crippen molar-refractivity contribution in [1.82, 2.24) is 4.98 Å².